The monoisotopic (exact) mass is 290 g/mol. The van der Waals surface area contributed by atoms with E-state index in [9.17, 15) is 4.79 Å². The molecule has 0 saturated carbocycles. The van der Waals surface area contributed by atoms with Gasteiger partial charge >= 0.3 is 0 Å². The number of likely N-dealkylation sites (tertiary alicyclic amines) is 1. The summed E-state index contributed by atoms with van der Waals surface area (Å²) in [5, 5.41) is 0. The number of anilines is 1. The van der Waals surface area contributed by atoms with Crippen molar-refractivity contribution in [2.24, 2.45) is 5.92 Å². The fraction of sp³-hybridized carbons (Fsp3) is 0.667. The molecule has 1 aromatic heterocycles. The van der Waals surface area contributed by atoms with Crippen LogP contribution in [-0.4, -0.2) is 54.1 Å². The van der Waals surface area contributed by atoms with Gasteiger partial charge in [-0.3, -0.25) is 4.79 Å². The summed E-state index contributed by atoms with van der Waals surface area (Å²) >= 11 is 0. The molecule has 0 aliphatic carbocycles. The number of aromatic nitrogens is 2. The minimum Gasteiger partial charge on any atom is -0.481 e. The highest BCUT2D eigenvalue weighted by Crippen LogP contribution is 2.26. The largest absolute Gasteiger partial charge is 0.481 e. The second-order valence-corrected chi connectivity index (χ2v) is 5.74. The molecule has 0 radical (unpaired) electrons. The summed E-state index contributed by atoms with van der Waals surface area (Å²) in [5.41, 5.74) is 0. The van der Waals surface area contributed by atoms with E-state index in [1.165, 1.54) is 12.7 Å². The van der Waals surface area contributed by atoms with E-state index >= 15 is 0 Å². The van der Waals surface area contributed by atoms with Gasteiger partial charge in [0.2, 0.25) is 11.8 Å². The van der Waals surface area contributed by atoms with E-state index in [1.807, 2.05) is 11.0 Å². The van der Waals surface area contributed by atoms with Gasteiger partial charge < -0.3 is 14.5 Å². The molecule has 114 valence electrons. The van der Waals surface area contributed by atoms with Crippen LogP contribution in [0.3, 0.4) is 0 Å². The first-order valence-corrected chi connectivity index (χ1v) is 7.67. The predicted molar refractivity (Wildman–Crippen MR) is 79.3 cm³/mol. The molecule has 3 heterocycles. The van der Waals surface area contributed by atoms with Gasteiger partial charge in [-0.15, -0.1) is 0 Å². The van der Waals surface area contributed by atoms with Gasteiger partial charge in [0.1, 0.15) is 12.1 Å². The van der Waals surface area contributed by atoms with Crippen molar-refractivity contribution < 1.29 is 9.53 Å². The summed E-state index contributed by atoms with van der Waals surface area (Å²) < 4.78 is 5.13. The van der Waals surface area contributed by atoms with Crippen molar-refractivity contribution in [1.82, 2.24) is 14.9 Å². The maximum Gasteiger partial charge on any atom is 0.227 e. The van der Waals surface area contributed by atoms with Crippen LogP contribution in [0.1, 0.15) is 25.7 Å². The zero-order valence-corrected chi connectivity index (χ0v) is 12.5. The molecule has 0 aromatic carbocycles. The van der Waals surface area contributed by atoms with Gasteiger partial charge in [-0.1, -0.05) is 0 Å². The van der Waals surface area contributed by atoms with E-state index in [4.69, 9.17) is 4.74 Å². The topological polar surface area (TPSA) is 58.6 Å². The van der Waals surface area contributed by atoms with Crippen LogP contribution in [0.5, 0.6) is 5.88 Å². The van der Waals surface area contributed by atoms with E-state index in [0.29, 0.717) is 11.8 Å². The zero-order chi connectivity index (χ0) is 14.7. The number of hydrogen-bond donors (Lipinski definition) is 0. The predicted octanol–water partition coefficient (Wildman–Crippen LogP) is 1.32. The van der Waals surface area contributed by atoms with Gasteiger partial charge in [0.05, 0.1) is 13.0 Å². The first-order valence-electron chi connectivity index (χ1n) is 7.67. The lowest BCUT2D eigenvalue weighted by Crippen LogP contribution is -2.40. The number of hydrogen-bond acceptors (Lipinski definition) is 5. The number of carbonyl (C=O) groups is 1. The molecule has 2 fully saturated rings. The van der Waals surface area contributed by atoms with Crippen molar-refractivity contribution in [1.29, 1.82) is 0 Å². The third-order valence-electron chi connectivity index (χ3n) is 4.37. The molecule has 1 amide bonds. The normalized spacial score (nSPS) is 22.4. The standard InChI is InChI=1S/C15H22N4O2/c1-21-14-9-13(16-11-17-14)19-8-5-12(10-19)15(20)18-6-3-2-4-7-18/h9,11-12H,2-8,10H2,1H3. The Bertz CT molecular complexity index is 502. The molecule has 2 aliphatic rings. The summed E-state index contributed by atoms with van der Waals surface area (Å²) in [6.07, 6.45) is 5.95. The molecule has 6 nitrogen and oxygen atoms in total. The van der Waals surface area contributed by atoms with Crippen molar-refractivity contribution in [2.75, 3.05) is 38.2 Å². The number of piperidine rings is 1. The molecule has 1 aromatic rings. The van der Waals surface area contributed by atoms with Crippen LogP contribution in [0.2, 0.25) is 0 Å². The highest BCUT2D eigenvalue weighted by Gasteiger charge is 2.32. The molecule has 3 rings (SSSR count). The van der Waals surface area contributed by atoms with E-state index < -0.39 is 0 Å². The number of ether oxygens (including phenoxy) is 1. The maximum absolute atomic E-state index is 12.5. The molecule has 1 unspecified atom stereocenters. The molecule has 21 heavy (non-hydrogen) atoms. The van der Waals surface area contributed by atoms with Gasteiger partial charge in [0.15, 0.2) is 0 Å². The SMILES string of the molecule is COc1cc(N2CCC(C(=O)N3CCCCC3)C2)ncn1. The number of carbonyl (C=O) groups excluding carboxylic acids is 1. The molecule has 0 bridgehead atoms. The smallest absolute Gasteiger partial charge is 0.227 e. The quantitative estimate of drug-likeness (QED) is 0.840. The van der Waals surface area contributed by atoms with E-state index in [2.05, 4.69) is 14.9 Å². The third kappa shape index (κ3) is 3.09. The lowest BCUT2D eigenvalue weighted by Gasteiger charge is -2.29. The Morgan fingerprint density at radius 3 is 2.81 bits per heavy atom. The number of rotatable bonds is 3. The first-order chi connectivity index (χ1) is 10.3. The van der Waals surface area contributed by atoms with Crippen molar-refractivity contribution in [2.45, 2.75) is 25.7 Å². The van der Waals surface area contributed by atoms with Gasteiger partial charge in [0.25, 0.3) is 0 Å². The Hall–Kier alpha value is -1.85. The molecule has 6 heteroatoms. The van der Waals surface area contributed by atoms with Gasteiger partial charge in [0, 0.05) is 32.2 Å². The summed E-state index contributed by atoms with van der Waals surface area (Å²) in [6, 6.07) is 1.83. The van der Waals surface area contributed by atoms with E-state index in [-0.39, 0.29) is 5.92 Å². The summed E-state index contributed by atoms with van der Waals surface area (Å²) in [7, 11) is 1.60. The first kappa shape index (κ1) is 14.1. The Balaban J connectivity index is 1.63. The lowest BCUT2D eigenvalue weighted by molar-refractivity contribution is -0.135. The second-order valence-electron chi connectivity index (χ2n) is 5.74. The van der Waals surface area contributed by atoms with Crippen LogP contribution in [0.15, 0.2) is 12.4 Å². The number of nitrogens with zero attached hydrogens (tertiary/aromatic N) is 4. The third-order valence-corrected chi connectivity index (χ3v) is 4.37. The van der Waals surface area contributed by atoms with Gasteiger partial charge in [-0.05, 0) is 25.7 Å². The molecule has 0 spiro atoms. The van der Waals surface area contributed by atoms with Crippen molar-refractivity contribution in [3.05, 3.63) is 12.4 Å². The highest BCUT2D eigenvalue weighted by atomic mass is 16.5. The Labute approximate surface area is 125 Å². The second kappa shape index (κ2) is 6.28. The van der Waals surface area contributed by atoms with Crippen LogP contribution >= 0.6 is 0 Å². The van der Waals surface area contributed by atoms with Crippen molar-refractivity contribution in [3.63, 3.8) is 0 Å². The van der Waals surface area contributed by atoms with Crippen LogP contribution in [-0.2, 0) is 4.79 Å². The average molecular weight is 290 g/mol. The van der Waals surface area contributed by atoms with Crippen LogP contribution in [0, 0.1) is 5.92 Å². The zero-order valence-electron chi connectivity index (χ0n) is 12.5. The highest BCUT2D eigenvalue weighted by molar-refractivity contribution is 5.80. The fourth-order valence-corrected chi connectivity index (χ4v) is 3.16. The summed E-state index contributed by atoms with van der Waals surface area (Å²) in [6.45, 7) is 3.47. The molecule has 2 aliphatic heterocycles. The Morgan fingerprint density at radius 1 is 1.24 bits per heavy atom. The Kier molecular flexibility index (Phi) is 4.22. The van der Waals surface area contributed by atoms with Gasteiger partial charge in [-0.25, -0.2) is 9.97 Å². The average Bonchev–Trinajstić information content (AvgIpc) is 3.05. The summed E-state index contributed by atoms with van der Waals surface area (Å²) in [5.74, 6) is 1.82. The summed E-state index contributed by atoms with van der Waals surface area (Å²) in [4.78, 5) is 25.0. The van der Waals surface area contributed by atoms with Gasteiger partial charge in [-0.2, -0.15) is 0 Å². The number of amides is 1. The Morgan fingerprint density at radius 2 is 2.05 bits per heavy atom. The van der Waals surface area contributed by atoms with Crippen LogP contribution < -0.4 is 9.64 Å². The maximum atomic E-state index is 12.5. The van der Waals surface area contributed by atoms with Crippen LogP contribution in [0.4, 0.5) is 5.82 Å². The van der Waals surface area contributed by atoms with E-state index in [0.717, 1.165) is 51.3 Å². The molecule has 1 atom stereocenters. The molecule has 0 N–H and O–H groups in total. The molecular weight excluding hydrogens is 268 g/mol. The lowest BCUT2D eigenvalue weighted by atomic mass is 10.0. The fourth-order valence-electron chi connectivity index (χ4n) is 3.16. The molecule has 2 saturated heterocycles. The van der Waals surface area contributed by atoms with E-state index in [1.54, 1.807) is 7.11 Å². The minimum atomic E-state index is 0.101. The molecular formula is C15H22N4O2. The minimum absolute atomic E-state index is 0.101. The number of methoxy groups -OCH3 is 1. The van der Waals surface area contributed by atoms with Crippen molar-refractivity contribution in [3.8, 4) is 5.88 Å². The van der Waals surface area contributed by atoms with Crippen LogP contribution in [0.25, 0.3) is 0 Å². The van der Waals surface area contributed by atoms with Crippen molar-refractivity contribution >= 4 is 11.7 Å².